The molecular formula is C14H19NO2S. The second kappa shape index (κ2) is 4.35. The van der Waals surface area contributed by atoms with Crippen molar-refractivity contribution in [2.75, 3.05) is 13.6 Å². The van der Waals surface area contributed by atoms with Crippen molar-refractivity contribution in [2.45, 2.75) is 37.0 Å². The van der Waals surface area contributed by atoms with Gasteiger partial charge in [0, 0.05) is 13.6 Å². The van der Waals surface area contributed by atoms with Crippen molar-refractivity contribution in [1.82, 2.24) is 4.31 Å². The summed E-state index contributed by atoms with van der Waals surface area (Å²) in [6, 6.07) is 5.63. The average Bonchev–Trinajstić information content (AvgIpc) is 3.03. The van der Waals surface area contributed by atoms with Gasteiger partial charge in [0.05, 0.1) is 4.90 Å². The summed E-state index contributed by atoms with van der Waals surface area (Å²) in [7, 11) is -1.59. The standard InChI is InChI=1S/C14H19NO2S/c1-15(10-11-5-6-11)18(16,17)14-8-7-12-3-2-4-13(12)9-14/h7-9,11H,2-6,10H2,1H3. The first-order valence-corrected chi connectivity index (χ1v) is 8.09. The van der Waals surface area contributed by atoms with Crippen LogP contribution in [0.3, 0.4) is 0 Å². The number of rotatable bonds is 4. The zero-order valence-corrected chi connectivity index (χ0v) is 11.5. The van der Waals surface area contributed by atoms with Gasteiger partial charge in [-0.2, -0.15) is 0 Å². The molecule has 0 spiro atoms. The van der Waals surface area contributed by atoms with Crippen molar-refractivity contribution in [1.29, 1.82) is 0 Å². The third-order valence-corrected chi connectivity index (χ3v) is 5.81. The van der Waals surface area contributed by atoms with Gasteiger partial charge >= 0.3 is 0 Å². The van der Waals surface area contributed by atoms with Gasteiger partial charge < -0.3 is 0 Å². The van der Waals surface area contributed by atoms with E-state index in [1.54, 1.807) is 13.1 Å². The fraction of sp³-hybridized carbons (Fsp3) is 0.571. The first-order chi connectivity index (χ1) is 8.57. The number of hydrogen-bond donors (Lipinski definition) is 0. The van der Waals surface area contributed by atoms with Crippen molar-refractivity contribution in [3.63, 3.8) is 0 Å². The summed E-state index contributed by atoms with van der Waals surface area (Å²) < 4.78 is 26.4. The van der Waals surface area contributed by atoms with Crippen LogP contribution in [0.15, 0.2) is 23.1 Å². The molecule has 0 radical (unpaired) electrons. The Kier molecular flexibility index (Phi) is 2.94. The van der Waals surface area contributed by atoms with E-state index >= 15 is 0 Å². The smallest absolute Gasteiger partial charge is 0.207 e. The Balaban J connectivity index is 1.88. The Morgan fingerprint density at radius 1 is 1.22 bits per heavy atom. The van der Waals surface area contributed by atoms with Gasteiger partial charge in [-0.3, -0.25) is 0 Å². The fourth-order valence-corrected chi connectivity index (χ4v) is 3.95. The first kappa shape index (κ1) is 12.2. The number of fused-ring (bicyclic) bond motifs is 1. The van der Waals surface area contributed by atoms with Gasteiger partial charge in [0.15, 0.2) is 0 Å². The molecule has 0 amide bonds. The molecule has 0 unspecified atom stereocenters. The van der Waals surface area contributed by atoms with E-state index in [0.29, 0.717) is 17.4 Å². The Bertz CT molecular complexity index is 561. The van der Waals surface area contributed by atoms with Crippen molar-refractivity contribution in [3.05, 3.63) is 29.3 Å². The van der Waals surface area contributed by atoms with E-state index in [1.165, 1.54) is 28.3 Å². The highest BCUT2D eigenvalue weighted by Crippen LogP contribution is 2.31. The van der Waals surface area contributed by atoms with Gasteiger partial charge in [0.1, 0.15) is 0 Å². The maximum atomic E-state index is 12.4. The van der Waals surface area contributed by atoms with E-state index in [1.807, 2.05) is 12.1 Å². The number of nitrogens with zero attached hydrogens (tertiary/aromatic N) is 1. The Labute approximate surface area is 109 Å². The van der Waals surface area contributed by atoms with E-state index in [2.05, 4.69) is 0 Å². The van der Waals surface area contributed by atoms with Crippen LogP contribution in [0.4, 0.5) is 0 Å². The van der Waals surface area contributed by atoms with Crippen LogP contribution in [0.1, 0.15) is 30.4 Å². The topological polar surface area (TPSA) is 37.4 Å². The zero-order valence-electron chi connectivity index (χ0n) is 10.7. The lowest BCUT2D eigenvalue weighted by molar-refractivity contribution is 0.453. The second-order valence-electron chi connectivity index (χ2n) is 5.51. The second-order valence-corrected chi connectivity index (χ2v) is 7.56. The van der Waals surface area contributed by atoms with Gasteiger partial charge in [-0.05, 0) is 61.3 Å². The maximum Gasteiger partial charge on any atom is 0.242 e. The summed E-state index contributed by atoms with van der Waals surface area (Å²) in [6.45, 7) is 0.666. The molecule has 4 heteroatoms. The Hall–Kier alpha value is -0.870. The number of aryl methyl sites for hydroxylation is 2. The van der Waals surface area contributed by atoms with Crippen LogP contribution in [0.25, 0.3) is 0 Å². The lowest BCUT2D eigenvalue weighted by atomic mass is 10.1. The number of hydrogen-bond acceptors (Lipinski definition) is 2. The van der Waals surface area contributed by atoms with E-state index < -0.39 is 10.0 Å². The molecule has 0 saturated heterocycles. The molecule has 98 valence electrons. The molecule has 3 rings (SSSR count). The Morgan fingerprint density at radius 2 is 1.94 bits per heavy atom. The molecule has 1 aromatic carbocycles. The molecule has 2 aliphatic carbocycles. The van der Waals surface area contributed by atoms with Crippen LogP contribution in [-0.2, 0) is 22.9 Å². The summed E-state index contributed by atoms with van der Waals surface area (Å²) in [4.78, 5) is 0.464. The van der Waals surface area contributed by atoms with Crippen molar-refractivity contribution in [3.8, 4) is 0 Å². The first-order valence-electron chi connectivity index (χ1n) is 6.65. The van der Waals surface area contributed by atoms with Gasteiger partial charge in [0.25, 0.3) is 0 Å². The minimum Gasteiger partial charge on any atom is -0.207 e. The summed E-state index contributed by atoms with van der Waals surface area (Å²) in [5.74, 6) is 0.583. The SMILES string of the molecule is CN(CC1CC1)S(=O)(=O)c1ccc2c(c1)CCC2. The van der Waals surface area contributed by atoms with E-state index in [0.717, 1.165) is 19.3 Å². The minimum absolute atomic E-state index is 0.464. The highest BCUT2D eigenvalue weighted by atomic mass is 32.2. The third-order valence-electron chi connectivity index (χ3n) is 3.99. The van der Waals surface area contributed by atoms with Crippen molar-refractivity contribution in [2.24, 2.45) is 5.92 Å². The van der Waals surface area contributed by atoms with Gasteiger partial charge in [-0.25, -0.2) is 12.7 Å². The molecule has 0 aliphatic heterocycles. The molecule has 1 aromatic rings. The van der Waals surface area contributed by atoms with Crippen LogP contribution in [0.2, 0.25) is 0 Å². The highest BCUT2D eigenvalue weighted by molar-refractivity contribution is 7.89. The molecular weight excluding hydrogens is 246 g/mol. The summed E-state index contributed by atoms with van der Waals surface area (Å²) in [5.41, 5.74) is 2.54. The Morgan fingerprint density at radius 3 is 2.67 bits per heavy atom. The fourth-order valence-electron chi connectivity index (χ4n) is 2.65. The van der Waals surface area contributed by atoms with Gasteiger partial charge in [-0.1, -0.05) is 6.07 Å². The van der Waals surface area contributed by atoms with Crippen molar-refractivity contribution >= 4 is 10.0 Å². The largest absolute Gasteiger partial charge is 0.242 e. The van der Waals surface area contributed by atoms with E-state index in [-0.39, 0.29) is 0 Å². The molecule has 0 N–H and O–H groups in total. The molecule has 18 heavy (non-hydrogen) atoms. The van der Waals surface area contributed by atoms with Crippen LogP contribution in [0.5, 0.6) is 0 Å². The summed E-state index contributed by atoms with van der Waals surface area (Å²) in [6.07, 6.45) is 5.60. The quantitative estimate of drug-likeness (QED) is 0.837. The number of benzene rings is 1. The molecule has 0 heterocycles. The molecule has 1 saturated carbocycles. The summed E-state index contributed by atoms with van der Waals surface area (Å²) >= 11 is 0. The summed E-state index contributed by atoms with van der Waals surface area (Å²) in [5, 5.41) is 0. The van der Waals surface area contributed by atoms with E-state index in [4.69, 9.17) is 0 Å². The third kappa shape index (κ3) is 2.19. The average molecular weight is 265 g/mol. The lowest BCUT2D eigenvalue weighted by Gasteiger charge is -2.17. The monoisotopic (exact) mass is 265 g/mol. The zero-order chi connectivity index (χ0) is 12.8. The number of sulfonamides is 1. The highest BCUT2D eigenvalue weighted by Gasteiger charge is 2.29. The van der Waals surface area contributed by atoms with Crippen molar-refractivity contribution < 1.29 is 8.42 Å². The minimum atomic E-state index is -3.28. The normalized spacial score (nSPS) is 19.2. The molecule has 3 nitrogen and oxygen atoms in total. The molecule has 0 atom stereocenters. The van der Waals surface area contributed by atoms with Crippen LogP contribution < -0.4 is 0 Å². The van der Waals surface area contributed by atoms with Gasteiger partial charge in [-0.15, -0.1) is 0 Å². The molecule has 0 aromatic heterocycles. The van der Waals surface area contributed by atoms with Gasteiger partial charge in [0.2, 0.25) is 10.0 Å². The molecule has 0 bridgehead atoms. The van der Waals surface area contributed by atoms with E-state index in [9.17, 15) is 8.42 Å². The van der Waals surface area contributed by atoms with Crippen LogP contribution in [-0.4, -0.2) is 26.3 Å². The predicted octanol–water partition coefficient (Wildman–Crippen LogP) is 2.21. The molecule has 1 fully saturated rings. The van der Waals surface area contributed by atoms with Crippen LogP contribution in [0, 0.1) is 5.92 Å². The lowest BCUT2D eigenvalue weighted by Crippen LogP contribution is -2.29. The molecule has 2 aliphatic rings. The maximum absolute atomic E-state index is 12.4. The van der Waals surface area contributed by atoms with Crippen LogP contribution >= 0.6 is 0 Å². The predicted molar refractivity (Wildman–Crippen MR) is 71.0 cm³/mol.